The maximum absolute atomic E-state index is 4.51. The van der Waals surface area contributed by atoms with E-state index in [9.17, 15) is 0 Å². The fraction of sp³-hybridized carbons (Fsp3) is 0.471. The van der Waals surface area contributed by atoms with E-state index in [1.54, 1.807) is 0 Å². The number of aromatic nitrogens is 1. The van der Waals surface area contributed by atoms with Gasteiger partial charge in [-0.3, -0.25) is 4.98 Å². The number of benzene rings is 1. The molecule has 1 aliphatic rings. The molecule has 1 saturated carbocycles. The predicted molar refractivity (Wildman–Crippen MR) is 80.0 cm³/mol. The molecule has 1 fully saturated rings. The summed E-state index contributed by atoms with van der Waals surface area (Å²) in [6.45, 7) is 2.09. The minimum Gasteiger partial charge on any atom is -0.312 e. The lowest BCUT2D eigenvalue weighted by atomic mass is 9.89. The number of nitrogens with one attached hydrogen (secondary N) is 1. The molecule has 1 N–H and O–H groups in total. The molecular formula is C17H22N2. The van der Waals surface area contributed by atoms with Crippen molar-refractivity contribution in [3.8, 4) is 0 Å². The summed E-state index contributed by atoms with van der Waals surface area (Å²) in [4.78, 5) is 4.51. The fourth-order valence-corrected chi connectivity index (χ4v) is 3.11. The molecule has 0 atom stereocenters. The molecule has 0 amide bonds. The topological polar surface area (TPSA) is 24.9 Å². The maximum atomic E-state index is 4.51. The lowest BCUT2D eigenvalue weighted by molar-refractivity contribution is 0.342. The van der Waals surface area contributed by atoms with Crippen molar-refractivity contribution in [2.45, 2.75) is 38.6 Å². The van der Waals surface area contributed by atoms with E-state index >= 15 is 0 Å². The number of para-hydroxylation sites is 1. The van der Waals surface area contributed by atoms with Gasteiger partial charge in [0.25, 0.3) is 0 Å². The Kier molecular flexibility index (Phi) is 4.09. The average Bonchev–Trinajstić information content (AvgIpc) is 2.49. The van der Waals surface area contributed by atoms with Gasteiger partial charge in [0.2, 0.25) is 0 Å². The van der Waals surface area contributed by atoms with Gasteiger partial charge >= 0.3 is 0 Å². The monoisotopic (exact) mass is 254 g/mol. The van der Waals surface area contributed by atoms with Gasteiger partial charge < -0.3 is 5.32 Å². The van der Waals surface area contributed by atoms with Gasteiger partial charge in [-0.25, -0.2) is 0 Å². The molecule has 0 aliphatic heterocycles. The summed E-state index contributed by atoms with van der Waals surface area (Å²) in [6, 6.07) is 10.6. The van der Waals surface area contributed by atoms with Gasteiger partial charge in [0.05, 0.1) is 5.52 Å². The number of rotatable bonds is 4. The van der Waals surface area contributed by atoms with Crippen molar-refractivity contribution in [1.29, 1.82) is 0 Å². The van der Waals surface area contributed by atoms with Gasteiger partial charge in [0.15, 0.2) is 0 Å². The maximum Gasteiger partial charge on any atom is 0.0746 e. The molecule has 19 heavy (non-hydrogen) atoms. The molecule has 3 rings (SSSR count). The van der Waals surface area contributed by atoms with E-state index in [0.717, 1.165) is 24.5 Å². The van der Waals surface area contributed by atoms with E-state index in [4.69, 9.17) is 0 Å². The second-order valence-corrected chi connectivity index (χ2v) is 5.63. The molecule has 100 valence electrons. The minimum absolute atomic E-state index is 0.886. The Morgan fingerprint density at radius 2 is 1.89 bits per heavy atom. The molecule has 1 aromatic carbocycles. The van der Waals surface area contributed by atoms with Crippen LogP contribution in [0.1, 0.15) is 37.7 Å². The van der Waals surface area contributed by atoms with Gasteiger partial charge in [-0.15, -0.1) is 0 Å². The smallest absolute Gasteiger partial charge is 0.0746 e. The zero-order valence-electron chi connectivity index (χ0n) is 11.4. The van der Waals surface area contributed by atoms with Crippen LogP contribution < -0.4 is 5.32 Å². The highest BCUT2D eigenvalue weighted by atomic mass is 14.9. The molecule has 1 aromatic heterocycles. The Bertz CT molecular complexity index is 524. The summed E-state index contributed by atoms with van der Waals surface area (Å²) in [5.41, 5.74) is 2.45. The van der Waals surface area contributed by atoms with E-state index in [0.29, 0.717) is 0 Å². The van der Waals surface area contributed by atoms with Crippen molar-refractivity contribution in [1.82, 2.24) is 10.3 Å². The van der Waals surface area contributed by atoms with Gasteiger partial charge in [0, 0.05) is 18.1 Å². The largest absolute Gasteiger partial charge is 0.312 e. The van der Waals surface area contributed by atoms with Gasteiger partial charge in [0.1, 0.15) is 0 Å². The first-order valence-corrected chi connectivity index (χ1v) is 7.47. The van der Waals surface area contributed by atoms with E-state index in [-0.39, 0.29) is 0 Å². The summed E-state index contributed by atoms with van der Waals surface area (Å²) in [6.07, 6.45) is 8.96. The average molecular weight is 254 g/mol. The van der Waals surface area contributed by atoms with Crippen LogP contribution in [0.2, 0.25) is 0 Å². The summed E-state index contributed by atoms with van der Waals surface area (Å²) >= 11 is 0. The van der Waals surface area contributed by atoms with E-state index < -0.39 is 0 Å². The van der Waals surface area contributed by atoms with Crippen molar-refractivity contribution in [3.05, 3.63) is 42.1 Å². The third-order valence-electron chi connectivity index (χ3n) is 4.19. The number of fused-ring (bicyclic) bond motifs is 1. The van der Waals surface area contributed by atoms with Gasteiger partial charge in [-0.1, -0.05) is 43.5 Å². The molecule has 2 nitrogen and oxygen atoms in total. The molecule has 1 heterocycles. The Balaban J connectivity index is 1.62. The van der Waals surface area contributed by atoms with Crippen LogP contribution in [0.4, 0.5) is 0 Å². The zero-order valence-corrected chi connectivity index (χ0v) is 11.4. The minimum atomic E-state index is 0.886. The molecular weight excluding hydrogens is 232 g/mol. The molecule has 0 spiro atoms. The number of pyridine rings is 1. The van der Waals surface area contributed by atoms with Crippen molar-refractivity contribution >= 4 is 10.9 Å². The number of hydrogen-bond donors (Lipinski definition) is 1. The highest BCUT2D eigenvalue weighted by Gasteiger charge is 2.12. The Morgan fingerprint density at radius 3 is 2.79 bits per heavy atom. The van der Waals surface area contributed by atoms with Crippen LogP contribution in [0.25, 0.3) is 10.9 Å². The standard InChI is InChI=1S/C17H22N2/c1-2-6-14(7-3-1)12-18-13-16-9-4-8-15-10-5-11-19-17(15)16/h4-5,8-11,14,18H,1-3,6-7,12-13H2. The van der Waals surface area contributed by atoms with Crippen molar-refractivity contribution in [2.75, 3.05) is 6.54 Å². The van der Waals surface area contributed by atoms with Gasteiger partial charge in [-0.2, -0.15) is 0 Å². The first-order valence-electron chi connectivity index (χ1n) is 7.47. The molecule has 2 heteroatoms. The fourth-order valence-electron chi connectivity index (χ4n) is 3.11. The summed E-state index contributed by atoms with van der Waals surface area (Å²) < 4.78 is 0. The lowest BCUT2D eigenvalue weighted by Crippen LogP contribution is -2.24. The lowest BCUT2D eigenvalue weighted by Gasteiger charge is -2.21. The Hall–Kier alpha value is -1.41. The number of hydrogen-bond acceptors (Lipinski definition) is 2. The third-order valence-corrected chi connectivity index (χ3v) is 4.19. The van der Waals surface area contributed by atoms with Crippen LogP contribution in [0.5, 0.6) is 0 Å². The van der Waals surface area contributed by atoms with Crippen LogP contribution in [0, 0.1) is 5.92 Å². The van der Waals surface area contributed by atoms with Crippen molar-refractivity contribution in [2.24, 2.45) is 5.92 Å². The van der Waals surface area contributed by atoms with Crippen molar-refractivity contribution < 1.29 is 0 Å². The zero-order chi connectivity index (χ0) is 12.9. The SMILES string of the molecule is c1cnc2c(CNCC3CCCCC3)cccc2c1. The molecule has 0 radical (unpaired) electrons. The summed E-state index contributed by atoms with van der Waals surface area (Å²) in [5, 5.41) is 4.86. The van der Waals surface area contributed by atoms with Gasteiger partial charge in [-0.05, 0) is 36.9 Å². The predicted octanol–water partition coefficient (Wildman–Crippen LogP) is 3.90. The molecule has 1 aliphatic carbocycles. The first-order chi connectivity index (χ1) is 9.43. The summed E-state index contributed by atoms with van der Waals surface area (Å²) in [7, 11) is 0. The first kappa shape index (κ1) is 12.6. The molecule has 0 unspecified atom stereocenters. The second-order valence-electron chi connectivity index (χ2n) is 5.63. The quantitative estimate of drug-likeness (QED) is 0.895. The van der Waals surface area contributed by atoms with E-state index in [1.165, 1.54) is 43.1 Å². The molecule has 0 saturated heterocycles. The summed E-state index contributed by atoms with van der Waals surface area (Å²) in [5.74, 6) is 0.886. The third kappa shape index (κ3) is 3.13. The highest BCUT2D eigenvalue weighted by molar-refractivity contribution is 5.81. The Morgan fingerprint density at radius 1 is 1.05 bits per heavy atom. The highest BCUT2D eigenvalue weighted by Crippen LogP contribution is 2.23. The normalized spacial score (nSPS) is 16.8. The van der Waals surface area contributed by atoms with Crippen LogP contribution in [0.15, 0.2) is 36.5 Å². The van der Waals surface area contributed by atoms with Crippen LogP contribution in [0.3, 0.4) is 0 Å². The molecule has 0 bridgehead atoms. The van der Waals surface area contributed by atoms with E-state index in [1.807, 2.05) is 12.3 Å². The number of nitrogens with zero attached hydrogens (tertiary/aromatic N) is 1. The van der Waals surface area contributed by atoms with Crippen molar-refractivity contribution in [3.63, 3.8) is 0 Å². The van der Waals surface area contributed by atoms with Crippen LogP contribution >= 0.6 is 0 Å². The Labute approximate surface area is 115 Å². The van der Waals surface area contributed by atoms with Crippen LogP contribution in [-0.4, -0.2) is 11.5 Å². The van der Waals surface area contributed by atoms with Crippen LogP contribution in [-0.2, 0) is 6.54 Å². The van der Waals surface area contributed by atoms with E-state index in [2.05, 4.69) is 34.6 Å². The second kappa shape index (κ2) is 6.16. The molecule has 2 aromatic rings.